The van der Waals surface area contributed by atoms with Crippen molar-refractivity contribution in [2.45, 2.75) is 5.88 Å². The number of halogens is 1. The van der Waals surface area contributed by atoms with Gasteiger partial charge in [0.2, 0.25) is 5.78 Å². The zero-order valence-corrected chi connectivity index (χ0v) is 13.2. The van der Waals surface area contributed by atoms with E-state index in [4.69, 9.17) is 21.1 Å². The summed E-state index contributed by atoms with van der Waals surface area (Å²) in [7, 11) is 2.81. The highest BCUT2D eigenvalue weighted by Crippen LogP contribution is 2.42. The lowest BCUT2D eigenvalue weighted by molar-refractivity contribution is 0.0971. The molecule has 0 saturated carbocycles. The van der Waals surface area contributed by atoms with Crippen LogP contribution in [-0.2, 0) is 5.88 Å². The first-order valence-electron chi connectivity index (χ1n) is 6.80. The smallest absolute Gasteiger partial charge is 0.202 e. The first-order chi connectivity index (χ1) is 11.0. The van der Waals surface area contributed by atoms with Crippen LogP contribution in [0.5, 0.6) is 17.2 Å². The van der Waals surface area contributed by atoms with Gasteiger partial charge in [0, 0.05) is 11.1 Å². The Bertz CT molecular complexity index is 841. The molecule has 0 saturated heterocycles. The molecule has 1 aliphatic carbocycles. The number of phenolic OH excluding ortho intramolecular Hbond substituents is 1. The summed E-state index contributed by atoms with van der Waals surface area (Å²) in [5, 5.41) is 10.4. The summed E-state index contributed by atoms with van der Waals surface area (Å²) < 4.78 is 10.4. The minimum Gasteiger partial charge on any atom is -0.507 e. The highest BCUT2D eigenvalue weighted by molar-refractivity contribution is 6.31. The number of phenols is 1. The number of hydrogen-bond acceptors (Lipinski definition) is 5. The van der Waals surface area contributed by atoms with E-state index < -0.39 is 11.6 Å². The summed E-state index contributed by atoms with van der Waals surface area (Å²) in [5.74, 6) is -0.723. The quantitative estimate of drug-likeness (QED) is 0.747. The third-order valence-electron chi connectivity index (χ3n) is 3.88. The van der Waals surface area contributed by atoms with Crippen molar-refractivity contribution in [3.63, 3.8) is 0 Å². The van der Waals surface area contributed by atoms with Crippen molar-refractivity contribution in [2.75, 3.05) is 14.2 Å². The molecule has 0 fully saturated rings. The van der Waals surface area contributed by atoms with Gasteiger partial charge < -0.3 is 14.6 Å². The lowest BCUT2D eigenvalue weighted by Gasteiger charge is -2.23. The monoisotopic (exact) mass is 332 g/mol. The summed E-state index contributed by atoms with van der Waals surface area (Å²) >= 11 is 5.81. The van der Waals surface area contributed by atoms with E-state index >= 15 is 0 Å². The molecule has 5 nitrogen and oxygen atoms in total. The molecule has 1 N–H and O–H groups in total. The Morgan fingerprint density at radius 1 is 1.00 bits per heavy atom. The van der Waals surface area contributed by atoms with Gasteiger partial charge in [-0.25, -0.2) is 0 Å². The Hall–Kier alpha value is -2.53. The van der Waals surface area contributed by atoms with Gasteiger partial charge in [0.15, 0.2) is 5.78 Å². The maximum Gasteiger partial charge on any atom is 0.202 e. The molecule has 118 valence electrons. The molecule has 2 aromatic rings. The Morgan fingerprint density at radius 3 is 2.30 bits per heavy atom. The number of fused-ring (bicyclic) bond motifs is 2. The van der Waals surface area contributed by atoms with Gasteiger partial charge in [-0.2, -0.15) is 0 Å². The normalized spacial score (nSPS) is 12.7. The number of carbonyl (C=O) groups excluding carboxylic acids is 2. The van der Waals surface area contributed by atoms with E-state index in [9.17, 15) is 14.7 Å². The first kappa shape index (κ1) is 15.4. The van der Waals surface area contributed by atoms with Crippen LogP contribution >= 0.6 is 11.6 Å². The fourth-order valence-electron chi connectivity index (χ4n) is 2.79. The average Bonchev–Trinajstić information content (AvgIpc) is 2.58. The fourth-order valence-corrected chi connectivity index (χ4v) is 3.00. The van der Waals surface area contributed by atoms with Crippen LogP contribution in [0.25, 0.3) is 0 Å². The molecule has 0 amide bonds. The van der Waals surface area contributed by atoms with E-state index in [1.54, 1.807) is 18.2 Å². The average molecular weight is 333 g/mol. The maximum absolute atomic E-state index is 12.9. The van der Waals surface area contributed by atoms with E-state index in [1.165, 1.54) is 20.3 Å². The molecule has 6 heteroatoms. The van der Waals surface area contributed by atoms with E-state index in [2.05, 4.69) is 0 Å². The van der Waals surface area contributed by atoms with Gasteiger partial charge in [-0.1, -0.05) is 12.1 Å². The molecule has 0 radical (unpaired) electrons. The zero-order chi connectivity index (χ0) is 16.7. The first-order valence-corrected chi connectivity index (χ1v) is 7.33. The number of carbonyl (C=O) groups is 2. The number of methoxy groups -OCH3 is 2. The van der Waals surface area contributed by atoms with Gasteiger partial charge in [-0.3, -0.25) is 9.59 Å². The Labute approximate surface area is 137 Å². The van der Waals surface area contributed by atoms with Crippen LogP contribution in [0.4, 0.5) is 0 Å². The van der Waals surface area contributed by atoms with Gasteiger partial charge >= 0.3 is 0 Å². The van der Waals surface area contributed by atoms with Gasteiger partial charge in [-0.05, 0) is 12.1 Å². The number of ketones is 2. The highest BCUT2D eigenvalue weighted by atomic mass is 35.5. The van der Waals surface area contributed by atoms with Crippen LogP contribution in [0.2, 0.25) is 0 Å². The summed E-state index contributed by atoms with van der Waals surface area (Å²) in [5.41, 5.74) is 0.628. The Kier molecular flexibility index (Phi) is 3.74. The minimum atomic E-state index is -0.491. The summed E-state index contributed by atoms with van der Waals surface area (Å²) in [6.07, 6.45) is 0. The van der Waals surface area contributed by atoms with Gasteiger partial charge in [0.25, 0.3) is 0 Å². The molecule has 3 rings (SSSR count). The van der Waals surface area contributed by atoms with E-state index in [0.29, 0.717) is 5.56 Å². The van der Waals surface area contributed by atoms with Crippen molar-refractivity contribution in [3.8, 4) is 17.2 Å². The van der Waals surface area contributed by atoms with Crippen LogP contribution in [0.1, 0.15) is 37.4 Å². The predicted octanol–water partition coefficient (Wildman–Crippen LogP) is 2.92. The fraction of sp³-hybridized carbons (Fsp3) is 0.176. The van der Waals surface area contributed by atoms with E-state index in [1.807, 2.05) is 0 Å². The second-order valence-electron chi connectivity index (χ2n) is 5.01. The molecule has 2 aromatic carbocycles. The molecular weight excluding hydrogens is 320 g/mol. The Morgan fingerprint density at radius 2 is 1.70 bits per heavy atom. The van der Waals surface area contributed by atoms with Gasteiger partial charge in [0.05, 0.1) is 36.8 Å². The second kappa shape index (κ2) is 5.59. The number of rotatable bonds is 3. The van der Waals surface area contributed by atoms with Crippen molar-refractivity contribution in [2.24, 2.45) is 0 Å². The standard InChI is InChI=1S/C17H13ClO5/c1-22-10-5-3-4-9-12(10)17(21)14-13(16(9)20)11(23-2)6-8(7-18)15(14)19/h3-6,19H,7H2,1-2H3. The number of hydrogen-bond donors (Lipinski definition) is 1. The number of benzene rings is 2. The van der Waals surface area contributed by atoms with Crippen molar-refractivity contribution in [1.29, 1.82) is 0 Å². The molecule has 0 bridgehead atoms. The molecule has 0 heterocycles. The molecule has 0 unspecified atom stereocenters. The zero-order valence-electron chi connectivity index (χ0n) is 12.5. The predicted molar refractivity (Wildman–Crippen MR) is 84.1 cm³/mol. The Balaban J connectivity index is 2.40. The molecule has 0 atom stereocenters. The summed E-state index contributed by atoms with van der Waals surface area (Å²) in [6.45, 7) is 0. The minimum absolute atomic E-state index is 0.0181. The third-order valence-corrected chi connectivity index (χ3v) is 4.17. The largest absolute Gasteiger partial charge is 0.507 e. The van der Waals surface area contributed by atoms with Crippen LogP contribution in [0.3, 0.4) is 0 Å². The van der Waals surface area contributed by atoms with Crippen molar-refractivity contribution in [3.05, 3.63) is 52.1 Å². The highest BCUT2D eigenvalue weighted by Gasteiger charge is 2.37. The molecule has 0 aromatic heterocycles. The summed E-state index contributed by atoms with van der Waals surface area (Å²) in [6, 6.07) is 6.24. The number of aromatic hydroxyl groups is 1. The third kappa shape index (κ3) is 2.08. The van der Waals surface area contributed by atoms with Crippen LogP contribution in [0, 0.1) is 0 Å². The maximum atomic E-state index is 12.9. The van der Waals surface area contributed by atoms with Gasteiger partial charge in [-0.15, -0.1) is 11.6 Å². The van der Waals surface area contributed by atoms with Crippen LogP contribution in [0.15, 0.2) is 24.3 Å². The van der Waals surface area contributed by atoms with E-state index in [0.717, 1.165) is 0 Å². The van der Waals surface area contributed by atoms with Crippen molar-refractivity contribution in [1.82, 2.24) is 0 Å². The molecule has 0 spiro atoms. The van der Waals surface area contributed by atoms with Crippen molar-refractivity contribution >= 4 is 23.2 Å². The summed E-state index contributed by atoms with van der Waals surface area (Å²) in [4.78, 5) is 25.7. The molecule has 1 aliphatic rings. The van der Waals surface area contributed by atoms with Gasteiger partial charge in [0.1, 0.15) is 17.2 Å². The topological polar surface area (TPSA) is 72.8 Å². The lowest BCUT2D eigenvalue weighted by atomic mass is 9.81. The molecule has 0 aliphatic heterocycles. The number of alkyl halides is 1. The van der Waals surface area contributed by atoms with Crippen molar-refractivity contribution < 1.29 is 24.2 Å². The van der Waals surface area contributed by atoms with Crippen LogP contribution in [-0.4, -0.2) is 30.9 Å². The second-order valence-corrected chi connectivity index (χ2v) is 5.28. The SMILES string of the molecule is COc1cccc2c1C(=O)c1c(O)c(CCl)cc(OC)c1C2=O. The lowest BCUT2D eigenvalue weighted by Crippen LogP contribution is -2.23. The number of ether oxygens (including phenoxy) is 2. The molecular formula is C17H13ClO5. The van der Waals surface area contributed by atoms with Crippen LogP contribution < -0.4 is 9.47 Å². The molecule has 23 heavy (non-hydrogen) atoms. The van der Waals surface area contributed by atoms with E-state index in [-0.39, 0.29) is 45.4 Å².